The molecule has 0 aromatic rings. The summed E-state index contributed by atoms with van der Waals surface area (Å²) in [7, 11) is 0. The van der Waals surface area contributed by atoms with Crippen LogP contribution in [0.5, 0.6) is 0 Å². The Morgan fingerprint density at radius 2 is 2.12 bits per heavy atom. The molecular weight excluding hydrogens is 208 g/mol. The average molecular weight is 234 g/mol. The molecule has 1 saturated heterocycles. The van der Waals surface area contributed by atoms with Crippen LogP contribution in [0.1, 0.15) is 52.4 Å². The van der Waals surface area contributed by atoms with E-state index in [0.717, 1.165) is 19.5 Å². The van der Waals surface area contributed by atoms with Gasteiger partial charge in [-0.1, -0.05) is 32.6 Å². The molecule has 1 aliphatic carbocycles. The third-order valence-electron chi connectivity index (χ3n) is 4.68. The summed E-state index contributed by atoms with van der Waals surface area (Å²) >= 11 is 0. The summed E-state index contributed by atoms with van der Waals surface area (Å²) in [4.78, 5) is 2.60. The van der Waals surface area contributed by atoms with Gasteiger partial charge in [-0.2, -0.15) is 0 Å². The first-order valence-corrected chi connectivity index (χ1v) is 7.21. The average Bonchev–Trinajstić information content (AvgIpc) is 2.80. The summed E-state index contributed by atoms with van der Waals surface area (Å²) in [6.07, 6.45) is 13.4. The lowest BCUT2D eigenvalue weighted by Crippen LogP contribution is -2.64. The van der Waals surface area contributed by atoms with Crippen LogP contribution >= 0.6 is 0 Å². The number of nitrogens with zero attached hydrogens (tertiary/aromatic N) is 1. The molecule has 1 N–H and O–H groups in total. The number of hydrogen-bond acceptors (Lipinski definition) is 2. The van der Waals surface area contributed by atoms with Crippen molar-refractivity contribution in [3.05, 3.63) is 0 Å². The Morgan fingerprint density at radius 1 is 1.41 bits per heavy atom. The predicted molar refractivity (Wildman–Crippen MR) is 72.9 cm³/mol. The third kappa shape index (κ3) is 2.51. The van der Waals surface area contributed by atoms with E-state index in [1.54, 1.807) is 0 Å². The monoisotopic (exact) mass is 234 g/mol. The summed E-state index contributed by atoms with van der Waals surface area (Å²) in [6, 6.07) is 0.960. The van der Waals surface area contributed by atoms with E-state index < -0.39 is 0 Å². The van der Waals surface area contributed by atoms with Crippen LogP contribution in [-0.2, 0) is 0 Å². The first-order valence-electron chi connectivity index (χ1n) is 7.21. The molecule has 2 aliphatic rings. The van der Waals surface area contributed by atoms with E-state index in [1.807, 2.05) is 0 Å². The SMILES string of the molecule is C#CC(CC)N1CC2(CCCC2)NCC1CC. The summed E-state index contributed by atoms with van der Waals surface area (Å²) < 4.78 is 0. The zero-order valence-electron chi connectivity index (χ0n) is 11.3. The largest absolute Gasteiger partial charge is 0.308 e. The standard InChI is InChI=1S/C15H26N2/c1-4-13(5-2)17-12-15(9-7-8-10-15)16-11-14(17)6-3/h1,13-14,16H,5-12H2,2-3H3. The van der Waals surface area contributed by atoms with Gasteiger partial charge in [0.1, 0.15) is 0 Å². The Morgan fingerprint density at radius 3 is 2.65 bits per heavy atom. The molecule has 1 aliphatic heterocycles. The maximum absolute atomic E-state index is 5.71. The minimum absolute atomic E-state index is 0.333. The molecule has 2 heteroatoms. The van der Waals surface area contributed by atoms with Crippen molar-refractivity contribution in [3.8, 4) is 12.3 Å². The first-order chi connectivity index (χ1) is 8.24. The van der Waals surface area contributed by atoms with Crippen molar-refractivity contribution in [1.29, 1.82) is 0 Å². The van der Waals surface area contributed by atoms with Gasteiger partial charge in [0.05, 0.1) is 6.04 Å². The molecule has 2 nitrogen and oxygen atoms in total. The van der Waals surface area contributed by atoms with Crippen LogP contribution in [0.25, 0.3) is 0 Å². The fraction of sp³-hybridized carbons (Fsp3) is 0.867. The van der Waals surface area contributed by atoms with E-state index in [-0.39, 0.29) is 0 Å². The van der Waals surface area contributed by atoms with Crippen LogP contribution in [0.3, 0.4) is 0 Å². The topological polar surface area (TPSA) is 15.3 Å². The van der Waals surface area contributed by atoms with E-state index in [9.17, 15) is 0 Å². The van der Waals surface area contributed by atoms with Crippen molar-refractivity contribution in [2.24, 2.45) is 0 Å². The first kappa shape index (κ1) is 12.9. The van der Waals surface area contributed by atoms with E-state index in [0.29, 0.717) is 17.6 Å². The highest BCUT2D eigenvalue weighted by atomic mass is 15.3. The third-order valence-corrected chi connectivity index (χ3v) is 4.68. The number of rotatable bonds is 3. The summed E-state index contributed by atoms with van der Waals surface area (Å²) in [5.74, 6) is 2.99. The molecule has 0 bridgehead atoms. The second kappa shape index (κ2) is 5.42. The number of terminal acetylenes is 1. The van der Waals surface area contributed by atoms with Gasteiger partial charge in [0.2, 0.25) is 0 Å². The quantitative estimate of drug-likeness (QED) is 0.754. The van der Waals surface area contributed by atoms with Crippen molar-refractivity contribution < 1.29 is 0 Å². The lowest BCUT2D eigenvalue weighted by atomic mass is 9.90. The Bertz CT molecular complexity index is 286. The van der Waals surface area contributed by atoms with Crippen molar-refractivity contribution in [2.75, 3.05) is 13.1 Å². The maximum atomic E-state index is 5.71. The molecule has 2 rings (SSSR count). The van der Waals surface area contributed by atoms with E-state index in [4.69, 9.17) is 6.42 Å². The zero-order chi connectivity index (χ0) is 12.3. The minimum atomic E-state index is 0.333. The van der Waals surface area contributed by atoms with Gasteiger partial charge in [0, 0.05) is 24.7 Å². The fourth-order valence-corrected chi connectivity index (χ4v) is 3.56. The molecule has 1 heterocycles. The number of hydrogen-bond donors (Lipinski definition) is 1. The van der Waals surface area contributed by atoms with Crippen molar-refractivity contribution in [3.63, 3.8) is 0 Å². The molecule has 2 unspecified atom stereocenters. The molecule has 96 valence electrons. The normalized spacial score (nSPS) is 30.3. The van der Waals surface area contributed by atoms with Gasteiger partial charge >= 0.3 is 0 Å². The Labute approximate surface area is 106 Å². The van der Waals surface area contributed by atoms with Crippen LogP contribution in [0.2, 0.25) is 0 Å². The molecule has 2 fully saturated rings. The molecule has 0 aromatic heterocycles. The lowest BCUT2D eigenvalue weighted by molar-refractivity contribution is 0.0579. The summed E-state index contributed by atoms with van der Waals surface area (Å²) in [6.45, 7) is 6.76. The van der Waals surface area contributed by atoms with Gasteiger partial charge in [0.15, 0.2) is 0 Å². The van der Waals surface area contributed by atoms with E-state index in [1.165, 1.54) is 32.1 Å². The zero-order valence-corrected chi connectivity index (χ0v) is 11.3. The molecule has 1 saturated carbocycles. The van der Waals surface area contributed by atoms with Gasteiger partial charge in [-0.05, 0) is 25.7 Å². The molecular formula is C15H26N2. The van der Waals surface area contributed by atoms with Crippen molar-refractivity contribution in [2.45, 2.75) is 70.0 Å². The van der Waals surface area contributed by atoms with Crippen LogP contribution in [0.15, 0.2) is 0 Å². The molecule has 0 amide bonds. The summed E-state index contributed by atoms with van der Waals surface area (Å²) in [5.41, 5.74) is 0.385. The molecule has 0 radical (unpaired) electrons. The predicted octanol–water partition coefficient (Wildman–Crippen LogP) is 2.39. The highest BCUT2D eigenvalue weighted by Crippen LogP contribution is 2.34. The summed E-state index contributed by atoms with van der Waals surface area (Å²) in [5, 5.41) is 3.82. The van der Waals surface area contributed by atoms with E-state index in [2.05, 4.69) is 30.0 Å². The van der Waals surface area contributed by atoms with Crippen LogP contribution in [-0.4, -0.2) is 35.6 Å². The maximum Gasteiger partial charge on any atom is 0.0712 e. The Hall–Kier alpha value is -0.520. The van der Waals surface area contributed by atoms with Crippen LogP contribution < -0.4 is 5.32 Å². The Balaban J connectivity index is 2.11. The van der Waals surface area contributed by atoms with Crippen molar-refractivity contribution >= 4 is 0 Å². The second-order valence-corrected chi connectivity index (χ2v) is 5.69. The van der Waals surface area contributed by atoms with Gasteiger partial charge in [-0.25, -0.2) is 0 Å². The van der Waals surface area contributed by atoms with Gasteiger partial charge in [0.25, 0.3) is 0 Å². The van der Waals surface area contributed by atoms with E-state index >= 15 is 0 Å². The highest BCUT2D eigenvalue weighted by Gasteiger charge is 2.41. The molecule has 17 heavy (non-hydrogen) atoms. The number of piperazine rings is 1. The van der Waals surface area contributed by atoms with Gasteiger partial charge in [-0.3, -0.25) is 4.90 Å². The molecule has 0 aromatic carbocycles. The lowest BCUT2D eigenvalue weighted by Gasteiger charge is -2.48. The second-order valence-electron chi connectivity index (χ2n) is 5.69. The molecule has 1 spiro atoms. The molecule has 2 atom stereocenters. The smallest absolute Gasteiger partial charge is 0.0712 e. The minimum Gasteiger partial charge on any atom is -0.308 e. The van der Waals surface area contributed by atoms with Gasteiger partial charge in [-0.15, -0.1) is 6.42 Å². The highest BCUT2D eigenvalue weighted by molar-refractivity contribution is 5.08. The van der Waals surface area contributed by atoms with Crippen molar-refractivity contribution in [1.82, 2.24) is 10.2 Å². The van der Waals surface area contributed by atoms with Crippen LogP contribution in [0, 0.1) is 12.3 Å². The fourth-order valence-electron chi connectivity index (χ4n) is 3.56. The van der Waals surface area contributed by atoms with Crippen LogP contribution in [0.4, 0.5) is 0 Å². The Kier molecular flexibility index (Phi) is 4.12. The number of nitrogens with one attached hydrogen (secondary N) is 1. The van der Waals surface area contributed by atoms with Gasteiger partial charge < -0.3 is 5.32 Å².